The molecule has 66 valence electrons. The van der Waals surface area contributed by atoms with Crippen LogP contribution in [0.1, 0.15) is 26.7 Å². The minimum atomic E-state index is -0.0105. The molecule has 0 aromatic carbocycles. The summed E-state index contributed by atoms with van der Waals surface area (Å²) in [5.74, 6) is 0.620. The first-order valence-corrected chi connectivity index (χ1v) is 4.55. The highest BCUT2D eigenvalue weighted by Gasteiger charge is 2.37. The monoisotopic (exact) mass is 166 g/mol. The molecule has 3 unspecified atom stereocenters. The van der Waals surface area contributed by atoms with Gasteiger partial charge < -0.3 is 4.74 Å². The summed E-state index contributed by atoms with van der Waals surface area (Å²) < 4.78 is 5.27. The molecule has 0 spiro atoms. The van der Waals surface area contributed by atoms with E-state index in [0.29, 0.717) is 5.92 Å². The Morgan fingerprint density at radius 2 is 2.33 bits per heavy atom. The fourth-order valence-electron chi connectivity index (χ4n) is 2.02. The average Bonchev–Trinajstić information content (AvgIpc) is 2.06. The van der Waals surface area contributed by atoms with Crippen LogP contribution in [0.2, 0.25) is 0 Å². The molecule has 12 heavy (non-hydrogen) atoms. The van der Waals surface area contributed by atoms with Crippen molar-refractivity contribution in [3.8, 4) is 0 Å². The minimum absolute atomic E-state index is 0.0105. The number of esters is 1. The maximum atomic E-state index is 11.3. The molecule has 1 aliphatic heterocycles. The molecule has 3 atom stereocenters. The van der Waals surface area contributed by atoms with Crippen molar-refractivity contribution in [2.45, 2.75) is 32.8 Å². The normalized spacial score (nSPS) is 40.3. The van der Waals surface area contributed by atoms with Crippen molar-refractivity contribution in [2.24, 2.45) is 11.8 Å². The molecule has 0 amide bonds. The maximum Gasteiger partial charge on any atom is 0.309 e. The molecule has 2 aliphatic rings. The number of hydrogen-bond donors (Lipinski definition) is 0. The third-order valence-corrected chi connectivity index (χ3v) is 3.10. The van der Waals surface area contributed by atoms with Crippen molar-refractivity contribution in [3.63, 3.8) is 0 Å². The minimum Gasteiger partial charge on any atom is -0.458 e. The molecule has 0 aromatic heterocycles. The lowest BCUT2D eigenvalue weighted by molar-refractivity contribution is -0.162. The van der Waals surface area contributed by atoms with Crippen molar-refractivity contribution < 1.29 is 9.53 Å². The van der Waals surface area contributed by atoms with Crippen molar-refractivity contribution in [1.29, 1.82) is 0 Å². The Kier molecular flexibility index (Phi) is 1.71. The quantitative estimate of drug-likeness (QED) is 0.406. The lowest BCUT2D eigenvalue weighted by atomic mass is 9.78. The second kappa shape index (κ2) is 2.61. The molecule has 0 aromatic rings. The molecule has 2 rings (SSSR count). The first-order chi connectivity index (χ1) is 5.68. The Labute approximate surface area is 72.6 Å². The smallest absolute Gasteiger partial charge is 0.309 e. The highest BCUT2D eigenvalue weighted by molar-refractivity contribution is 5.74. The largest absolute Gasteiger partial charge is 0.458 e. The number of carbonyl (C=O) groups excluding carboxylic acids is 1. The van der Waals surface area contributed by atoms with Gasteiger partial charge in [0.2, 0.25) is 0 Å². The summed E-state index contributed by atoms with van der Waals surface area (Å²) in [4.78, 5) is 11.3. The predicted octanol–water partition coefficient (Wildman–Crippen LogP) is 1.90. The summed E-state index contributed by atoms with van der Waals surface area (Å²) in [5.41, 5.74) is 1.23. The van der Waals surface area contributed by atoms with Gasteiger partial charge in [-0.3, -0.25) is 4.79 Å². The van der Waals surface area contributed by atoms with Crippen LogP contribution >= 0.6 is 0 Å². The molecule has 2 bridgehead atoms. The SMILES string of the molecule is CC1=CCC2CC1OC(=O)C2C. The Balaban J connectivity index is 2.24. The van der Waals surface area contributed by atoms with Gasteiger partial charge in [0.05, 0.1) is 5.92 Å². The molecule has 2 nitrogen and oxygen atoms in total. The van der Waals surface area contributed by atoms with Crippen LogP contribution in [-0.4, -0.2) is 12.1 Å². The van der Waals surface area contributed by atoms with Crippen LogP contribution in [0.5, 0.6) is 0 Å². The zero-order valence-electron chi connectivity index (χ0n) is 7.54. The highest BCUT2D eigenvalue weighted by Crippen LogP contribution is 2.36. The number of fused-ring (bicyclic) bond motifs is 2. The molecule has 1 saturated heterocycles. The lowest BCUT2D eigenvalue weighted by Gasteiger charge is -2.36. The molecule has 1 heterocycles. The van der Waals surface area contributed by atoms with Crippen molar-refractivity contribution in [3.05, 3.63) is 11.6 Å². The summed E-state index contributed by atoms with van der Waals surface area (Å²) in [6.45, 7) is 4.02. The predicted molar refractivity (Wildman–Crippen MR) is 45.5 cm³/mol. The fraction of sp³-hybridized carbons (Fsp3) is 0.700. The lowest BCUT2D eigenvalue weighted by Crippen LogP contribution is -2.39. The van der Waals surface area contributed by atoms with E-state index in [2.05, 4.69) is 6.08 Å². The van der Waals surface area contributed by atoms with Gasteiger partial charge in [-0.2, -0.15) is 0 Å². The van der Waals surface area contributed by atoms with E-state index < -0.39 is 0 Å². The van der Waals surface area contributed by atoms with Gasteiger partial charge in [-0.25, -0.2) is 0 Å². The molecular formula is C10H14O2. The van der Waals surface area contributed by atoms with Gasteiger partial charge in [0.15, 0.2) is 0 Å². The number of ether oxygens (including phenoxy) is 1. The van der Waals surface area contributed by atoms with Crippen molar-refractivity contribution in [1.82, 2.24) is 0 Å². The number of hydrogen-bond acceptors (Lipinski definition) is 2. The van der Waals surface area contributed by atoms with Crippen LogP contribution in [-0.2, 0) is 9.53 Å². The molecule has 0 N–H and O–H groups in total. The first kappa shape index (κ1) is 7.84. The van der Waals surface area contributed by atoms with Gasteiger partial charge in [0.1, 0.15) is 6.10 Å². The van der Waals surface area contributed by atoms with Gasteiger partial charge in [0.25, 0.3) is 0 Å². The number of rotatable bonds is 0. The molecule has 1 aliphatic carbocycles. The third kappa shape index (κ3) is 1.06. The van der Waals surface area contributed by atoms with E-state index in [0.717, 1.165) is 12.8 Å². The molecule has 0 radical (unpaired) electrons. The van der Waals surface area contributed by atoms with Crippen LogP contribution in [0.3, 0.4) is 0 Å². The van der Waals surface area contributed by atoms with E-state index >= 15 is 0 Å². The highest BCUT2D eigenvalue weighted by atomic mass is 16.5. The molecular weight excluding hydrogens is 152 g/mol. The van der Waals surface area contributed by atoms with E-state index in [1.54, 1.807) is 0 Å². The molecule has 2 heteroatoms. The zero-order valence-corrected chi connectivity index (χ0v) is 7.54. The Morgan fingerprint density at radius 3 is 3.08 bits per heavy atom. The van der Waals surface area contributed by atoms with E-state index in [-0.39, 0.29) is 18.0 Å². The summed E-state index contributed by atoms with van der Waals surface area (Å²) in [6, 6.07) is 0. The zero-order chi connectivity index (χ0) is 8.72. The van der Waals surface area contributed by atoms with Gasteiger partial charge in [-0.05, 0) is 31.3 Å². The van der Waals surface area contributed by atoms with E-state index in [1.165, 1.54) is 5.57 Å². The topological polar surface area (TPSA) is 26.3 Å². The standard InChI is InChI=1S/C10H14O2/c1-6-3-4-8-5-9(6)12-10(11)7(8)2/h3,7-9H,4-5H2,1-2H3. The summed E-state index contributed by atoms with van der Waals surface area (Å²) in [5, 5.41) is 0. The Hall–Kier alpha value is -0.790. The maximum absolute atomic E-state index is 11.3. The Morgan fingerprint density at radius 1 is 1.58 bits per heavy atom. The number of allylic oxidation sites excluding steroid dienone is 1. The Bertz CT molecular complexity index is 242. The van der Waals surface area contributed by atoms with Gasteiger partial charge in [0, 0.05) is 0 Å². The van der Waals surface area contributed by atoms with Crippen LogP contribution in [0.15, 0.2) is 11.6 Å². The first-order valence-electron chi connectivity index (χ1n) is 4.55. The van der Waals surface area contributed by atoms with Crippen molar-refractivity contribution in [2.75, 3.05) is 0 Å². The van der Waals surface area contributed by atoms with E-state index in [9.17, 15) is 4.79 Å². The van der Waals surface area contributed by atoms with Crippen LogP contribution in [0, 0.1) is 11.8 Å². The van der Waals surface area contributed by atoms with Crippen LogP contribution in [0.4, 0.5) is 0 Å². The average molecular weight is 166 g/mol. The third-order valence-electron chi connectivity index (χ3n) is 3.10. The summed E-state index contributed by atoms with van der Waals surface area (Å²) in [6.07, 6.45) is 4.39. The fourth-order valence-corrected chi connectivity index (χ4v) is 2.02. The second-order valence-electron chi connectivity index (χ2n) is 3.89. The second-order valence-corrected chi connectivity index (χ2v) is 3.89. The summed E-state index contributed by atoms with van der Waals surface area (Å²) in [7, 11) is 0. The number of carbonyl (C=O) groups is 1. The summed E-state index contributed by atoms with van der Waals surface area (Å²) >= 11 is 0. The molecule has 0 saturated carbocycles. The van der Waals surface area contributed by atoms with Crippen LogP contribution < -0.4 is 0 Å². The van der Waals surface area contributed by atoms with Gasteiger partial charge >= 0.3 is 5.97 Å². The van der Waals surface area contributed by atoms with Crippen LogP contribution in [0.25, 0.3) is 0 Å². The van der Waals surface area contributed by atoms with Crippen molar-refractivity contribution >= 4 is 5.97 Å². The van der Waals surface area contributed by atoms with E-state index in [4.69, 9.17) is 4.74 Å². The van der Waals surface area contributed by atoms with Gasteiger partial charge in [-0.15, -0.1) is 0 Å². The molecule has 1 fully saturated rings. The van der Waals surface area contributed by atoms with Gasteiger partial charge in [-0.1, -0.05) is 13.0 Å². The van der Waals surface area contributed by atoms with E-state index in [1.807, 2.05) is 13.8 Å².